The van der Waals surface area contributed by atoms with Crippen LogP contribution in [0.1, 0.15) is 50.5 Å². The van der Waals surface area contributed by atoms with Crippen molar-refractivity contribution in [3.63, 3.8) is 0 Å². The van der Waals surface area contributed by atoms with Gasteiger partial charge in [0.2, 0.25) is 5.91 Å². The molecule has 3 rings (SSSR count). The van der Waals surface area contributed by atoms with E-state index in [2.05, 4.69) is 22.1 Å². The lowest BCUT2D eigenvalue weighted by molar-refractivity contribution is -0.122. The number of amides is 1. The lowest BCUT2D eigenvalue weighted by Crippen LogP contribution is -2.49. The number of ether oxygens (including phenoxy) is 2. The fourth-order valence-corrected chi connectivity index (χ4v) is 3.86. The minimum Gasteiger partial charge on any atom is -0.497 e. The van der Waals surface area contributed by atoms with Gasteiger partial charge in [0.1, 0.15) is 11.4 Å². The molecule has 2 heterocycles. The Bertz CT molecular complexity index is 861. The van der Waals surface area contributed by atoms with Crippen molar-refractivity contribution < 1.29 is 19.1 Å². The Morgan fingerprint density at radius 3 is 2.82 bits per heavy atom. The summed E-state index contributed by atoms with van der Waals surface area (Å²) in [6.45, 7) is 6.98. The number of nitrogens with one attached hydrogen (secondary N) is 2. The molecule has 2 aromatic rings. The van der Waals surface area contributed by atoms with E-state index in [9.17, 15) is 9.59 Å². The van der Waals surface area contributed by atoms with Crippen LogP contribution in [0.5, 0.6) is 5.75 Å². The first kappa shape index (κ1) is 20.2. The molecule has 1 aromatic carbocycles. The van der Waals surface area contributed by atoms with Crippen LogP contribution in [0.15, 0.2) is 18.2 Å². The maximum absolute atomic E-state index is 13.0. The highest BCUT2D eigenvalue weighted by molar-refractivity contribution is 6.12. The van der Waals surface area contributed by atoms with E-state index >= 15 is 0 Å². The van der Waals surface area contributed by atoms with Crippen LogP contribution in [0.25, 0.3) is 10.9 Å². The Morgan fingerprint density at radius 2 is 2.14 bits per heavy atom. The Labute approximate surface area is 165 Å². The minimum absolute atomic E-state index is 0.136. The molecule has 0 aliphatic carbocycles. The second kappa shape index (κ2) is 8.65. The second-order valence-electron chi connectivity index (χ2n) is 7.25. The fraction of sp³-hybridized carbons (Fsp3) is 0.524. The number of hydrogen-bond donors (Lipinski definition) is 2. The van der Waals surface area contributed by atoms with Gasteiger partial charge in [-0.15, -0.1) is 0 Å². The zero-order chi connectivity index (χ0) is 20.3. The molecule has 28 heavy (non-hydrogen) atoms. The van der Waals surface area contributed by atoms with E-state index in [1.54, 1.807) is 26.2 Å². The summed E-state index contributed by atoms with van der Waals surface area (Å²) in [5.74, 6) is 0.0186. The van der Waals surface area contributed by atoms with Gasteiger partial charge in [0, 0.05) is 16.9 Å². The minimum atomic E-state index is -0.494. The highest BCUT2D eigenvalue weighted by atomic mass is 16.5. The van der Waals surface area contributed by atoms with Gasteiger partial charge in [0.15, 0.2) is 0 Å². The molecule has 152 valence electrons. The quantitative estimate of drug-likeness (QED) is 0.741. The van der Waals surface area contributed by atoms with Gasteiger partial charge in [-0.1, -0.05) is 6.42 Å². The number of H-pyrrole nitrogens is 1. The number of nitrogens with zero attached hydrogens (tertiary/aromatic N) is 1. The lowest BCUT2D eigenvalue weighted by atomic mass is 10.0. The molecule has 0 unspecified atom stereocenters. The molecular formula is C21H29N3O4. The average Bonchev–Trinajstić information content (AvgIpc) is 3.05. The van der Waals surface area contributed by atoms with Gasteiger partial charge in [-0.05, 0) is 58.4 Å². The van der Waals surface area contributed by atoms with Crippen LogP contribution in [0.2, 0.25) is 0 Å². The standard InChI is InChI=1S/C21H29N3O4/c1-5-28-21(26)19-18(16-12-15(27-4)9-10-17(16)22-19)23-20(25)14(3)24-11-7-6-8-13(24)2/h9-10,12-14,22H,5-8,11H2,1-4H3,(H,23,25)/t13-,14+/m0/s1. The molecule has 7 nitrogen and oxygen atoms in total. The third kappa shape index (κ3) is 3.99. The van der Waals surface area contributed by atoms with E-state index in [0.29, 0.717) is 17.5 Å². The molecule has 0 saturated carbocycles. The van der Waals surface area contributed by atoms with Crippen LogP contribution in [-0.4, -0.2) is 54.1 Å². The Morgan fingerprint density at radius 1 is 1.36 bits per heavy atom. The number of carbonyl (C=O) groups is 2. The average molecular weight is 387 g/mol. The summed E-state index contributed by atoms with van der Waals surface area (Å²) < 4.78 is 10.5. The third-order valence-corrected chi connectivity index (χ3v) is 5.46. The second-order valence-corrected chi connectivity index (χ2v) is 7.25. The molecule has 1 saturated heterocycles. The van der Waals surface area contributed by atoms with Crippen molar-refractivity contribution >= 4 is 28.5 Å². The van der Waals surface area contributed by atoms with E-state index in [4.69, 9.17) is 9.47 Å². The van der Waals surface area contributed by atoms with Crippen LogP contribution in [0.3, 0.4) is 0 Å². The van der Waals surface area contributed by atoms with Crippen molar-refractivity contribution in [1.82, 2.24) is 9.88 Å². The van der Waals surface area contributed by atoms with Gasteiger partial charge in [0.25, 0.3) is 0 Å². The van der Waals surface area contributed by atoms with Crippen LogP contribution < -0.4 is 10.1 Å². The number of likely N-dealkylation sites (tertiary alicyclic amines) is 1. The SMILES string of the molecule is CCOC(=O)c1[nH]c2ccc(OC)cc2c1NC(=O)[C@@H](C)N1CCCC[C@@H]1C. The molecular weight excluding hydrogens is 358 g/mol. The molecule has 1 amide bonds. The van der Waals surface area contributed by atoms with Crippen molar-refractivity contribution in [2.75, 3.05) is 25.6 Å². The molecule has 0 radical (unpaired) electrons. The first-order valence-corrected chi connectivity index (χ1v) is 9.89. The number of rotatable bonds is 6. The van der Waals surface area contributed by atoms with Crippen molar-refractivity contribution in [2.24, 2.45) is 0 Å². The predicted octanol–water partition coefficient (Wildman–Crippen LogP) is 3.55. The van der Waals surface area contributed by atoms with Gasteiger partial charge in [-0.25, -0.2) is 4.79 Å². The molecule has 1 fully saturated rings. The molecule has 7 heteroatoms. The van der Waals surface area contributed by atoms with Gasteiger partial charge in [-0.2, -0.15) is 0 Å². The van der Waals surface area contributed by atoms with Gasteiger partial charge in [0.05, 0.1) is 25.4 Å². The molecule has 2 N–H and O–H groups in total. The number of piperidine rings is 1. The summed E-state index contributed by atoms with van der Waals surface area (Å²) in [7, 11) is 1.58. The number of esters is 1. The number of methoxy groups -OCH3 is 1. The molecule has 0 spiro atoms. The summed E-state index contributed by atoms with van der Waals surface area (Å²) in [5.41, 5.74) is 1.42. The maximum atomic E-state index is 13.0. The van der Waals surface area contributed by atoms with Crippen molar-refractivity contribution in [1.29, 1.82) is 0 Å². The van der Waals surface area contributed by atoms with Crippen LogP contribution >= 0.6 is 0 Å². The van der Waals surface area contributed by atoms with E-state index in [1.807, 2.05) is 13.0 Å². The summed E-state index contributed by atoms with van der Waals surface area (Å²) in [6, 6.07) is 5.50. The van der Waals surface area contributed by atoms with E-state index in [0.717, 1.165) is 30.3 Å². The van der Waals surface area contributed by atoms with E-state index < -0.39 is 5.97 Å². The van der Waals surface area contributed by atoms with Crippen LogP contribution in [0.4, 0.5) is 5.69 Å². The predicted molar refractivity (Wildman–Crippen MR) is 109 cm³/mol. The van der Waals surface area contributed by atoms with Gasteiger partial charge >= 0.3 is 5.97 Å². The normalized spacial score (nSPS) is 18.6. The van der Waals surface area contributed by atoms with Crippen molar-refractivity contribution in [3.8, 4) is 5.75 Å². The number of anilines is 1. The zero-order valence-corrected chi connectivity index (χ0v) is 17.0. The van der Waals surface area contributed by atoms with Gasteiger partial charge < -0.3 is 19.8 Å². The highest BCUT2D eigenvalue weighted by Gasteiger charge is 2.29. The zero-order valence-electron chi connectivity index (χ0n) is 17.0. The third-order valence-electron chi connectivity index (χ3n) is 5.46. The van der Waals surface area contributed by atoms with Crippen LogP contribution in [-0.2, 0) is 9.53 Å². The van der Waals surface area contributed by atoms with E-state index in [1.165, 1.54) is 6.42 Å². The van der Waals surface area contributed by atoms with Crippen molar-refractivity contribution in [3.05, 3.63) is 23.9 Å². The Kier molecular flexibility index (Phi) is 6.24. The van der Waals surface area contributed by atoms with Gasteiger partial charge in [-0.3, -0.25) is 9.69 Å². The Balaban J connectivity index is 1.94. The molecule has 1 aromatic heterocycles. The molecule has 2 atom stereocenters. The summed E-state index contributed by atoms with van der Waals surface area (Å²) in [5, 5.41) is 3.69. The molecule has 1 aliphatic rings. The number of fused-ring (bicyclic) bond motifs is 1. The number of aromatic amines is 1. The smallest absolute Gasteiger partial charge is 0.356 e. The number of benzene rings is 1. The first-order valence-electron chi connectivity index (χ1n) is 9.89. The number of aromatic nitrogens is 1. The molecule has 1 aliphatic heterocycles. The maximum Gasteiger partial charge on any atom is 0.356 e. The molecule has 0 bridgehead atoms. The first-order chi connectivity index (χ1) is 13.5. The van der Waals surface area contributed by atoms with Crippen LogP contribution in [0, 0.1) is 0 Å². The summed E-state index contributed by atoms with van der Waals surface area (Å²) in [6.07, 6.45) is 3.39. The number of hydrogen-bond acceptors (Lipinski definition) is 5. The lowest BCUT2D eigenvalue weighted by Gasteiger charge is -2.37. The monoisotopic (exact) mass is 387 g/mol. The number of carbonyl (C=O) groups excluding carboxylic acids is 2. The van der Waals surface area contributed by atoms with E-state index in [-0.39, 0.29) is 24.2 Å². The Hall–Kier alpha value is -2.54. The fourth-order valence-electron chi connectivity index (χ4n) is 3.86. The summed E-state index contributed by atoms with van der Waals surface area (Å²) in [4.78, 5) is 30.8. The largest absolute Gasteiger partial charge is 0.497 e. The highest BCUT2D eigenvalue weighted by Crippen LogP contribution is 2.32. The van der Waals surface area contributed by atoms with Crippen molar-refractivity contribution in [2.45, 2.75) is 52.1 Å². The summed E-state index contributed by atoms with van der Waals surface area (Å²) >= 11 is 0. The topological polar surface area (TPSA) is 83.7 Å².